The fourth-order valence-corrected chi connectivity index (χ4v) is 1.44. The number of rotatable bonds is 5. The van der Waals surface area contributed by atoms with E-state index in [4.69, 9.17) is 4.74 Å². The highest BCUT2D eigenvalue weighted by atomic mass is 79.9. The van der Waals surface area contributed by atoms with Crippen molar-refractivity contribution in [1.29, 1.82) is 0 Å². The van der Waals surface area contributed by atoms with Gasteiger partial charge in [0, 0.05) is 20.1 Å². The number of halogens is 1. The molecule has 5 nitrogen and oxygen atoms in total. The molecule has 1 aromatic heterocycles. The number of carbonyl (C=O) groups is 1. The predicted octanol–water partition coefficient (Wildman–Crippen LogP) is 1.85. The van der Waals surface area contributed by atoms with Gasteiger partial charge >= 0.3 is 0 Å². The normalized spacial score (nSPS) is 12.2. The van der Waals surface area contributed by atoms with Crippen LogP contribution in [0.25, 0.3) is 0 Å². The molecule has 1 rings (SSSR count). The average molecular weight is 288 g/mol. The Bertz CT molecular complexity index is 342. The summed E-state index contributed by atoms with van der Waals surface area (Å²) < 4.78 is 5.59. The van der Waals surface area contributed by atoms with E-state index in [9.17, 15) is 4.79 Å². The first kappa shape index (κ1) is 13.1. The Kier molecular flexibility index (Phi) is 5.34. The van der Waals surface area contributed by atoms with E-state index in [0.29, 0.717) is 23.4 Å². The standard InChI is InChI=1S/C10H14BrN3O2/c1-7(6-16-2)3-10(15)14-9-5-12-8(11)4-13-9/h4-5,7H,3,6H2,1-2H3,(H,13,14,15). The highest BCUT2D eigenvalue weighted by molar-refractivity contribution is 9.10. The molecule has 1 unspecified atom stereocenters. The lowest BCUT2D eigenvalue weighted by Crippen LogP contribution is -2.18. The maximum absolute atomic E-state index is 11.5. The molecule has 1 aromatic rings. The quantitative estimate of drug-likeness (QED) is 0.898. The lowest BCUT2D eigenvalue weighted by Gasteiger charge is -2.09. The number of hydrogen-bond donors (Lipinski definition) is 1. The van der Waals surface area contributed by atoms with Crippen LogP contribution in [0.4, 0.5) is 5.82 Å². The first-order chi connectivity index (χ1) is 7.61. The number of ether oxygens (including phenoxy) is 1. The van der Waals surface area contributed by atoms with E-state index >= 15 is 0 Å². The molecule has 0 aliphatic carbocycles. The fourth-order valence-electron chi connectivity index (χ4n) is 1.23. The Morgan fingerprint density at radius 3 is 2.88 bits per heavy atom. The monoisotopic (exact) mass is 287 g/mol. The van der Waals surface area contributed by atoms with Crippen molar-refractivity contribution in [3.63, 3.8) is 0 Å². The summed E-state index contributed by atoms with van der Waals surface area (Å²) in [6, 6.07) is 0. The molecule has 88 valence electrons. The largest absolute Gasteiger partial charge is 0.384 e. The first-order valence-corrected chi connectivity index (χ1v) is 5.67. The molecule has 0 fully saturated rings. The van der Waals surface area contributed by atoms with Gasteiger partial charge in [-0.1, -0.05) is 6.92 Å². The van der Waals surface area contributed by atoms with E-state index in [2.05, 4.69) is 31.2 Å². The molecule has 0 aromatic carbocycles. The Morgan fingerprint density at radius 2 is 2.31 bits per heavy atom. The lowest BCUT2D eigenvalue weighted by atomic mass is 10.1. The number of aromatic nitrogens is 2. The van der Waals surface area contributed by atoms with Crippen LogP contribution in [0.2, 0.25) is 0 Å². The molecule has 0 bridgehead atoms. The fraction of sp³-hybridized carbons (Fsp3) is 0.500. The van der Waals surface area contributed by atoms with E-state index in [1.807, 2.05) is 6.92 Å². The second-order valence-corrected chi connectivity index (χ2v) is 4.35. The van der Waals surface area contributed by atoms with Gasteiger partial charge in [-0.3, -0.25) is 4.79 Å². The highest BCUT2D eigenvalue weighted by Crippen LogP contribution is 2.08. The molecule has 1 heterocycles. The molecule has 1 N–H and O–H groups in total. The van der Waals surface area contributed by atoms with Gasteiger partial charge in [0.1, 0.15) is 4.60 Å². The molecular weight excluding hydrogens is 274 g/mol. The lowest BCUT2D eigenvalue weighted by molar-refractivity contribution is -0.117. The number of carbonyl (C=O) groups excluding carboxylic acids is 1. The van der Waals surface area contributed by atoms with Crippen LogP contribution >= 0.6 is 15.9 Å². The minimum Gasteiger partial charge on any atom is -0.384 e. The summed E-state index contributed by atoms with van der Waals surface area (Å²) in [5.41, 5.74) is 0. The minimum absolute atomic E-state index is 0.0822. The minimum atomic E-state index is -0.0822. The van der Waals surface area contributed by atoms with Crippen molar-refractivity contribution in [2.45, 2.75) is 13.3 Å². The first-order valence-electron chi connectivity index (χ1n) is 4.88. The molecule has 0 spiro atoms. The second-order valence-electron chi connectivity index (χ2n) is 3.54. The molecule has 16 heavy (non-hydrogen) atoms. The van der Waals surface area contributed by atoms with Crippen molar-refractivity contribution in [3.05, 3.63) is 17.0 Å². The van der Waals surface area contributed by atoms with E-state index in [-0.39, 0.29) is 11.8 Å². The van der Waals surface area contributed by atoms with Crippen LogP contribution in [0.1, 0.15) is 13.3 Å². The number of nitrogens with zero attached hydrogens (tertiary/aromatic N) is 2. The Morgan fingerprint density at radius 1 is 1.56 bits per heavy atom. The van der Waals surface area contributed by atoms with Crippen molar-refractivity contribution in [1.82, 2.24) is 9.97 Å². The molecule has 1 amide bonds. The van der Waals surface area contributed by atoms with Crippen LogP contribution in [0, 0.1) is 5.92 Å². The highest BCUT2D eigenvalue weighted by Gasteiger charge is 2.09. The molecule has 6 heteroatoms. The SMILES string of the molecule is COCC(C)CC(=O)Nc1cnc(Br)cn1. The van der Waals surface area contributed by atoms with Gasteiger partial charge < -0.3 is 10.1 Å². The van der Waals surface area contributed by atoms with Crippen LogP contribution < -0.4 is 5.32 Å². The predicted molar refractivity (Wildman–Crippen MR) is 64.0 cm³/mol. The average Bonchev–Trinajstić information content (AvgIpc) is 2.21. The van der Waals surface area contributed by atoms with Gasteiger partial charge in [0.25, 0.3) is 0 Å². The summed E-state index contributed by atoms with van der Waals surface area (Å²) in [4.78, 5) is 19.5. The van der Waals surface area contributed by atoms with Crippen molar-refractivity contribution in [2.75, 3.05) is 19.0 Å². The van der Waals surface area contributed by atoms with Gasteiger partial charge in [0.2, 0.25) is 5.91 Å². The number of amides is 1. The van der Waals surface area contributed by atoms with E-state index in [1.54, 1.807) is 7.11 Å². The summed E-state index contributed by atoms with van der Waals surface area (Å²) >= 11 is 3.17. The third-order valence-electron chi connectivity index (χ3n) is 1.87. The Balaban J connectivity index is 2.42. The van der Waals surface area contributed by atoms with Crippen LogP contribution in [0.15, 0.2) is 17.0 Å². The van der Waals surface area contributed by atoms with E-state index in [0.717, 1.165) is 0 Å². The van der Waals surface area contributed by atoms with Crippen molar-refractivity contribution < 1.29 is 9.53 Å². The summed E-state index contributed by atoms with van der Waals surface area (Å²) in [5.74, 6) is 0.562. The van der Waals surface area contributed by atoms with Crippen LogP contribution in [-0.4, -0.2) is 29.6 Å². The number of hydrogen-bond acceptors (Lipinski definition) is 4. The maximum atomic E-state index is 11.5. The molecule has 0 radical (unpaired) electrons. The summed E-state index contributed by atoms with van der Waals surface area (Å²) in [6.45, 7) is 2.52. The van der Waals surface area contributed by atoms with E-state index in [1.165, 1.54) is 12.4 Å². The van der Waals surface area contributed by atoms with Crippen LogP contribution in [-0.2, 0) is 9.53 Å². The Labute approximate surface area is 103 Å². The van der Waals surface area contributed by atoms with E-state index < -0.39 is 0 Å². The van der Waals surface area contributed by atoms with Gasteiger partial charge in [-0.25, -0.2) is 9.97 Å². The zero-order valence-corrected chi connectivity index (χ0v) is 10.8. The smallest absolute Gasteiger partial charge is 0.225 e. The molecule has 0 saturated carbocycles. The van der Waals surface area contributed by atoms with Gasteiger partial charge in [0.15, 0.2) is 5.82 Å². The van der Waals surface area contributed by atoms with Gasteiger partial charge in [0.05, 0.1) is 12.4 Å². The number of methoxy groups -OCH3 is 1. The third-order valence-corrected chi connectivity index (χ3v) is 2.28. The summed E-state index contributed by atoms with van der Waals surface area (Å²) in [7, 11) is 1.62. The molecule has 1 atom stereocenters. The molecule has 0 saturated heterocycles. The Hall–Kier alpha value is -1.01. The molecule has 0 aliphatic rings. The summed E-state index contributed by atoms with van der Waals surface area (Å²) in [6.07, 6.45) is 3.45. The second kappa shape index (κ2) is 6.55. The van der Waals surface area contributed by atoms with Gasteiger partial charge in [-0.2, -0.15) is 0 Å². The summed E-state index contributed by atoms with van der Waals surface area (Å²) in [5, 5.41) is 2.67. The number of nitrogens with one attached hydrogen (secondary N) is 1. The zero-order valence-electron chi connectivity index (χ0n) is 9.24. The molecular formula is C10H14BrN3O2. The zero-order chi connectivity index (χ0) is 12.0. The van der Waals surface area contributed by atoms with Gasteiger partial charge in [-0.05, 0) is 21.8 Å². The van der Waals surface area contributed by atoms with Crippen LogP contribution in [0.5, 0.6) is 0 Å². The van der Waals surface area contributed by atoms with Crippen molar-refractivity contribution in [3.8, 4) is 0 Å². The van der Waals surface area contributed by atoms with Crippen molar-refractivity contribution in [2.24, 2.45) is 5.92 Å². The number of anilines is 1. The van der Waals surface area contributed by atoms with Crippen molar-refractivity contribution >= 4 is 27.7 Å². The topological polar surface area (TPSA) is 64.1 Å². The third kappa shape index (κ3) is 4.67. The maximum Gasteiger partial charge on any atom is 0.225 e. The van der Waals surface area contributed by atoms with Gasteiger partial charge in [-0.15, -0.1) is 0 Å². The van der Waals surface area contributed by atoms with Crippen LogP contribution in [0.3, 0.4) is 0 Å². The molecule has 0 aliphatic heterocycles.